The molecule has 4 fully saturated rings. The van der Waals surface area contributed by atoms with Gasteiger partial charge < -0.3 is 0 Å². The maximum atomic E-state index is 11.3. The first-order valence-corrected chi connectivity index (χ1v) is 6.97. The Morgan fingerprint density at radius 3 is 2.50 bits per heavy atom. The van der Waals surface area contributed by atoms with Gasteiger partial charge in [-0.3, -0.25) is 4.79 Å². The Hall–Kier alpha value is -0.590. The van der Waals surface area contributed by atoms with Crippen LogP contribution in [-0.2, 0) is 4.79 Å². The van der Waals surface area contributed by atoms with Crippen LogP contribution in [0.5, 0.6) is 0 Å². The summed E-state index contributed by atoms with van der Waals surface area (Å²) < 4.78 is 0. The van der Waals surface area contributed by atoms with E-state index in [2.05, 4.69) is 6.08 Å². The lowest BCUT2D eigenvalue weighted by atomic mass is 9.64. The molecule has 0 N–H and O–H groups in total. The van der Waals surface area contributed by atoms with Gasteiger partial charge in [-0.25, -0.2) is 0 Å². The van der Waals surface area contributed by atoms with E-state index >= 15 is 0 Å². The Bertz CT molecular complexity index is 354. The van der Waals surface area contributed by atoms with Crippen molar-refractivity contribution < 1.29 is 4.79 Å². The molecule has 0 heterocycles. The van der Waals surface area contributed by atoms with Crippen molar-refractivity contribution in [3.05, 3.63) is 12.2 Å². The summed E-state index contributed by atoms with van der Waals surface area (Å²) in [5.74, 6) is 4.20. The van der Waals surface area contributed by atoms with Crippen molar-refractivity contribution in [1.82, 2.24) is 0 Å². The Kier molecular flexibility index (Phi) is 1.77. The zero-order valence-corrected chi connectivity index (χ0v) is 9.82. The highest BCUT2D eigenvalue weighted by molar-refractivity contribution is 5.90. The van der Waals surface area contributed by atoms with Crippen LogP contribution in [0, 0.1) is 29.1 Å². The second-order valence-corrected chi connectivity index (χ2v) is 6.75. The molecule has 5 aliphatic carbocycles. The van der Waals surface area contributed by atoms with E-state index in [4.69, 9.17) is 0 Å². The van der Waals surface area contributed by atoms with Gasteiger partial charge in [-0.05, 0) is 73.7 Å². The van der Waals surface area contributed by atoms with Gasteiger partial charge in [0.2, 0.25) is 0 Å². The summed E-state index contributed by atoms with van der Waals surface area (Å²) in [4.78, 5) is 11.3. The summed E-state index contributed by atoms with van der Waals surface area (Å²) in [7, 11) is 0. The molecule has 0 radical (unpaired) electrons. The summed E-state index contributed by atoms with van der Waals surface area (Å²) in [6.45, 7) is 0. The minimum Gasteiger partial charge on any atom is -0.295 e. The van der Waals surface area contributed by atoms with E-state index in [0.29, 0.717) is 11.2 Å². The summed E-state index contributed by atoms with van der Waals surface area (Å²) in [6.07, 6.45) is 13.6. The summed E-state index contributed by atoms with van der Waals surface area (Å²) in [6, 6.07) is 0. The van der Waals surface area contributed by atoms with Gasteiger partial charge in [-0.15, -0.1) is 0 Å². The third kappa shape index (κ3) is 1.10. The van der Waals surface area contributed by atoms with Crippen molar-refractivity contribution in [2.24, 2.45) is 29.1 Å². The zero-order chi connectivity index (χ0) is 10.8. The first kappa shape index (κ1) is 9.44. The van der Waals surface area contributed by atoms with Crippen LogP contribution in [0.3, 0.4) is 0 Å². The maximum Gasteiger partial charge on any atom is 0.155 e. The highest BCUT2D eigenvalue weighted by Crippen LogP contribution is 2.69. The second kappa shape index (κ2) is 3.00. The number of carbonyl (C=O) groups excluding carboxylic acids is 1. The lowest BCUT2D eigenvalue weighted by Gasteiger charge is -2.40. The van der Waals surface area contributed by atoms with E-state index in [9.17, 15) is 4.79 Å². The largest absolute Gasteiger partial charge is 0.295 e. The van der Waals surface area contributed by atoms with Crippen molar-refractivity contribution >= 4 is 5.78 Å². The third-order valence-corrected chi connectivity index (χ3v) is 6.01. The van der Waals surface area contributed by atoms with E-state index in [1.54, 1.807) is 0 Å². The fraction of sp³-hybridized carbons (Fsp3) is 0.800. The molecule has 0 saturated heterocycles. The minimum atomic E-state index is 0.352. The van der Waals surface area contributed by atoms with Gasteiger partial charge in [-0.1, -0.05) is 6.08 Å². The van der Waals surface area contributed by atoms with E-state index < -0.39 is 0 Å². The first-order chi connectivity index (χ1) is 7.76. The number of allylic oxidation sites excluding steroid dienone is 2. The molecular weight excluding hydrogens is 196 g/mol. The first-order valence-electron chi connectivity index (χ1n) is 6.97. The predicted octanol–water partition coefficient (Wildman–Crippen LogP) is 3.35. The van der Waals surface area contributed by atoms with Gasteiger partial charge in [0.25, 0.3) is 0 Å². The molecule has 0 aliphatic heterocycles. The fourth-order valence-corrected chi connectivity index (χ4v) is 5.64. The van der Waals surface area contributed by atoms with Crippen LogP contribution in [0.2, 0.25) is 0 Å². The van der Waals surface area contributed by atoms with Crippen LogP contribution in [0.4, 0.5) is 0 Å². The van der Waals surface area contributed by atoms with Crippen LogP contribution in [0.25, 0.3) is 0 Å². The van der Waals surface area contributed by atoms with E-state index in [-0.39, 0.29) is 0 Å². The minimum absolute atomic E-state index is 0.352. The van der Waals surface area contributed by atoms with E-state index in [1.807, 2.05) is 6.08 Å². The molecule has 0 spiro atoms. The Labute approximate surface area is 97.3 Å². The van der Waals surface area contributed by atoms with Gasteiger partial charge in [0.1, 0.15) is 0 Å². The maximum absolute atomic E-state index is 11.3. The summed E-state index contributed by atoms with van der Waals surface area (Å²) in [5, 5.41) is 0. The lowest BCUT2D eigenvalue weighted by Crippen LogP contribution is -2.32. The smallest absolute Gasteiger partial charge is 0.155 e. The SMILES string of the molecule is O=C1C=CC(C23CC4CC(CC2C4)C3)CC1. The Morgan fingerprint density at radius 1 is 1.12 bits per heavy atom. The molecule has 0 aromatic carbocycles. The standard InChI is InChI=1S/C15H20O/c16-14-3-1-12(2-4-14)15-8-10-5-11(9-15)7-13(15)6-10/h1,3,10-13H,2,4-9H2. The number of rotatable bonds is 1. The van der Waals surface area contributed by atoms with Crippen molar-refractivity contribution in [2.45, 2.75) is 44.9 Å². The lowest BCUT2D eigenvalue weighted by molar-refractivity contribution is -0.115. The molecule has 3 unspecified atom stereocenters. The summed E-state index contributed by atoms with van der Waals surface area (Å²) in [5.41, 5.74) is 0.644. The Morgan fingerprint density at radius 2 is 1.88 bits per heavy atom. The van der Waals surface area contributed by atoms with Gasteiger partial charge in [-0.2, -0.15) is 0 Å². The highest BCUT2D eigenvalue weighted by Gasteiger charge is 2.59. The average Bonchev–Trinajstić information content (AvgIpc) is 2.66. The van der Waals surface area contributed by atoms with Crippen molar-refractivity contribution in [3.8, 4) is 0 Å². The molecule has 4 saturated carbocycles. The molecule has 86 valence electrons. The van der Waals surface area contributed by atoms with Gasteiger partial charge in [0.05, 0.1) is 0 Å². The van der Waals surface area contributed by atoms with Crippen LogP contribution >= 0.6 is 0 Å². The number of hydrogen-bond acceptors (Lipinski definition) is 1. The Balaban J connectivity index is 1.68. The quantitative estimate of drug-likeness (QED) is 0.657. The average molecular weight is 216 g/mol. The van der Waals surface area contributed by atoms with Crippen LogP contribution in [-0.4, -0.2) is 5.78 Å². The molecule has 4 bridgehead atoms. The topological polar surface area (TPSA) is 17.1 Å². The number of carbonyl (C=O) groups is 1. The van der Waals surface area contributed by atoms with E-state index in [0.717, 1.165) is 36.5 Å². The van der Waals surface area contributed by atoms with Crippen LogP contribution < -0.4 is 0 Å². The second-order valence-electron chi connectivity index (χ2n) is 6.75. The van der Waals surface area contributed by atoms with E-state index in [1.165, 1.54) is 32.1 Å². The predicted molar refractivity (Wildman–Crippen MR) is 62.9 cm³/mol. The van der Waals surface area contributed by atoms with Crippen LogP contribution in [0.1, 0.15) is 44.9 Å². The normalized spacial score (nSPS) is 53.9. The highest BCUT2D eigenvalue weighted by atomic mass is 16.1. The van der Waals surface area contributed by atoms with Gasteiger partial charge in [0, 0.05) is 6.42 Å². The molecule has 0 aromatic rings. The molecule has 1 nitrogen and oxygen atoms in total. The molecular formula is C15H20O. The molecule has 0 amide bonds. The third-order valence-electron chi connectivity index (χ3n) is 6.01. The molecule has 1 heteroatoms. The molecule has 16 heavy (non-hydrogen) atoms. The van der Waals surface area contributed by atoms with Crippen molar-refractivity contribution in [2.75, 3.05) is 0 Å². The number of hydrogen-bond donors (Lipinski definition) is 0. The van der Waals surface area contributed by atoms with Gasteiger partial charge in [0.15, 0.2) is 5.78 Å². The van der Waals surface area contributed by atoms with Gasteiger partial charge >= 0.3 is 0 Å². The van der Waals surface area contributed by atoms with Crippen LogP contribution in [0.15, 0.2) is 12.2 Å². The van der Waals surface area contributed by atoms with Crippen molar-refractivity contribution in [1.29, 1.82) is 0 Å². The fourth-order valence-electron chi connectivity index (χ4n) is 5.64. The number of ketones is 1. The zero-order valence-electron chi connectivity index (χ0n) is 9.82. The molecule has 3 atom stereocenters. The molecule has 5 rings (SSSR count). The molecule has 0 aromatic heterocycles. The monoisotopic (exact) mass is 216 g/mol. The summed E-state index contributed by atoms with van der Waals surface area (Å²) >= 11 is 0. The van der Waals surface area contributed by atoms with Crippen molar-refractivity contribution in [3.63, 3.8) is 0 Å². The molecule has 5 aliphatic rings.